The van der Waals surface area contributed by atoms with Gasteiger partial charge in [0.1, 0.15) is 17.3 Å². The van der Waals surface area contributed by atoms with Crippen LogP contribution >= 0.6 is 27.7 Å². The molecule has 2 amide bonds. The number of amides is 2. The first-order valence-corrected chi connectivity index (χ1v) is 12.6. The largest absolute Gasteiger partial charge is 0.507 e. The number of nitrogens with one attached hydrogen (secondary N) is 1. The quantitative estimate of drug-likeness (QED) is 0.118. The number of rotatable bonds is 4. The van der Waals surface area contributed by atoms with Crippen molar-refractivity contribution in [2.45, 2.75) is 4.87 Å². The molecule has 1 atom stereocenters. The van der Waals surface area contributed by atoms with Crippen molar-refractivity contribution < 1.29 is 29.7 Å². The van der Waals surface area contributed by atoms with Gasteiger partial charge in [-0.2, -0.15) is 5.10 Å². The van der Waals surface area contributed by atoms with Crippen molar-refractivity contribution in [3.63, 3.8) is 0 Å². The van der Waals surface area contributed by atoms with Crippen LogP contribution in [0.15, 0.2) is 93.0 Å². The van der Waals surface area contributed by atoms with Crippen molar-refractivity contribution in [1.82, 2.24) is 5.32 Å². The van der Waals surface area contributed by atoms with E-state index in [1.165, 1.54) is 36.5 Å². The Balaban J connectivity index is 1.67. The Morgan fingerprint density at radius 2 is 1.61 bits per heavy atom. The third-order valence-electron chi connectivity index (χ3n) is 5.77. The number of nitrogens with zero attached hydrogens (tertiary/aromatic N) is 3. The van der Waals surface area contributed by atoms with Gasteiger partial charge in [-0.3, -0.25) is 19.3 Å². The molecule has 0 saturated carbocycles. The predicted octanol–water partition coefficient (Wildman–Crippen LogP) is 3.69. The van der Waals surface area contributed by atoms with Gasteiger partial charge in [-0.15, -0.1) is 5.10 Å². The number of carbonyl (C=O) groups excluding carboxylic acids is 3. The lowest BCUT2D eigenvalue weighted by atomic mass is 9.99. The van der Waals surface area contributed by atoms with E-state index in [9.17, 15) is 29.7 Å². The predicted molar refractivity (Wildman–Crippen MR) is 146 cm³/mol. The Morgan fingerprint density at radius 1 is 0.947 bits per heavy atom. The van der Waals surface area contributed by atoms with Crippen molar-refractivity contribution in [2.75, 3.05) is 4.90 Å². The molecule has 1 unspecified atom stereocenters. The van der Waals surface area contributed by atoms with Crippen LogP contribution in [0.2, 0.25) is 0 Å². The number of phenols is 2. The van der Waals surface area contributed by atoms with E-state index in [4.69, 9.17) is 0 Å². The summed E-state index contributed by atoms with van der Waals surface area (Å²) in [4.78, 5) is 38.5. The fourth-order valence-electron chi connectivity index (χ4n) is 3.95. The third kappa shape index (κ3) is 4.23. The highest BCUT2D eigenvalue weighted by molar-refractivity contribution is 9.10. The molecular formula is C26H17BrN4O6S. The molecule has 0 radical (unpaired) electrons. The molecule has 2 heterocycles. The number of Topliss-reactive ketones (excluding diaryl/α,β-unsaturated/α-hetero) is 1. The molecule has 2 saturated heterocycles. The molecule has 5 rings (SSSR count). The summed E-state index contributed by atoms with van der Waals surface area (Å²) >= 11 is 3.98. The zero-order valence-corrected chi connectivity index (χ0v) is 21.6. The monoisotopic (exact) mass is 592 g/mol. The van der Waals surface area contributed by atoms with Crippen LogP contribution in [0.5, 0.6) is 11.5 Å². The van der Waals surface area contributed by atoms with E-state index in [0.717, 1.165) is 9.37 Å². The molecule has 3 aromatic rings. The Labute approximate surface area is 228 Å². The number of para-hydroxylation sites is 3. The Hall–Kier alpha value is -4.42. The molecule has 2 aliphatic heterocycles. The molecule has 0 aliphatic carbocycles. The summed E-state index contributed by atoms with van der Waals surface area (Å²) in [7, 11) is 0. The molecule has 2 aliphatic rings. The molecule has 2 fully saturated rings. The number of carbonyl (C=O) groups is 3. The minimum atomic E-state index is -2.07. The summed E-state index contributed by atoms with van der Waals surface area (Å²) in [6.45, 7) is 0. The van der Waals surface area contributed by atoms with E-state index in [1.54, 1.807) is 42.5 Å². The van der Waals surface area contributed by atoms with E-state index in [0.29, 0.717) is 17.3 Å². The van der Waals surface area contributed by atoms with Crippen LogP contribution in [0, 0.1) is 0 Å². The number of thioether (sulfide) groups is 1. The average Bonchev–Trinajstić information content (AvgIpc) is 3.31. The fraction of sp³-hybridized carbons (Fsp3) is 0.0385. The number of anilines is 1. The lowest BCUT2D eigenvalue weighted by molar-refractivity contribution is -0.134. The summed E-state index contributed by atoms with van der Waals surface area (Å²) in [5.74, 6) is -3.88. The van der Waals surface area contributed by atoms with Crippen LogP contribution in [0.3, 0.4) is 0 Å². The van der Waals surface area contributed by atoms with Crippen molar-refractivity contribution in [3.05, 3.63) is 94.0 Å². The zero-order chi connectivity index (χ0) is 27.0. The first-order valence-electron chi connectivity index (χ1n) is 11.0. The Bertz CT molecular complexity index is 1590. The Kier molecular flexibility index (Phi) is 6.51. The fourth-order valence-corrected chi connectivity index (χ4v) is 5.47. The normalized spacial score (nSPS) is 21.7. The van der Waals surface area contributed by atoms with Crippen molar-refractivity contribution in [1.29, 1.82) is 0 Å². The van der Waals surface area contributed by atoms with Gasteiger partial charge in [-0.1, -0.05) is 52.3 Å². The third-order valence-corrected chi connectivity index (χ3v) is 7.53. The number of phenolic OH excluding ortho intramolecular Hbond substituents is 2. The molecule has 10 nitrogen and oxygen atoms in total. The first kappa shape index (κ1) is 25.2. The van der Waals surface area contributed by atoms with E-state index < -0.39 is 33.8 Å². The highest BCUT2D eigenvalue weighted by Gasteiger charge is 2.64. The molecule has 3 aromatic carbocycles. The molecule has 38 heavy (non-hydrogen) atoms. The maximum Gasteiger partial charge on any atom is 0.294 e. The van der Waals surface area contributed by atoms with Gasteiger partial charge in [0.15, 0.2) is 5.17 Å². The summed E-state index contributed by atoms with van der Waals surface area (Å²) in [6, 6.07) is 18.6. The molecule has 4 N–H and O–H groups in total. The van der Waals surface area contributed by atoms with Crippen LogP contribution in [0.1, 0.15) is 11.1 Å². The van der Waals surface area contributed by atoms with Gasteiger partial charge in [-0.25, -0.2) is 0 Å². The number of halogens is 1. The minimum absolute atomic E-state index is 0.0227. The van der Waals surface area contributed by atoms with Gasteiger partial charge in [0.2, 0.25) is 4.87 Å². The second kappa shape index (κ2) is 9.80. The van der Waals surface area contributed by atoms with E-state index >= 15 is 0 Å². The van der Waals surface area contributed by atoms with Gasteiger partial charge in [0.05, 0.1) is 17.5 Å². The van der Waals surface area contributed by atoms with Gasteiger partial charge in [0, 0.05) is 15.6 Å². The second-order valence-electron chi connectivity index (χ2n) is 8.11. The number of hydrogen-bond donors (Lipinski definition) is 4. The molecule has 1 spiro atoms. The highest BCUT2D eigenvalue weighted by atomic mass is 79.9. The van der Waals surface area contributed by atoms with Crippen molar-refractivity contribution >= 4 is 68.1 Å². The number of benzene rings is 3. The van der Waals surface area contributed by atoms with Crippen LogP contribution < -0.4 is 10.2 Å². The van der Waals surface area contributed by atoms with Gasteiger partial charge in [-0.05, 0) is 48.2 Å². The lowest BCUT2D eigenvalue weighted by Gasteiger charge is -2.22. The standard InChI is InChI=1S/C26H17BrN4O6S/c27-16-11-9-14(10-12-16)21(34)20-22(35)23(36)29-26(20)24(37)31(17-6-2-4-8-19(17)33)25(38-26)30-28-13-15-5-1-3-7-18(15)32/h1-13,32-34H,(H,29,36)/b21-20-,28-13?,30-25?. The van der Waals surface area contributed by atoms with E-state index in [-0.39, 0.29) is 27.9 Å². The molecule has 12 heteroatoms. The number of hydrogen-bond acceptors (Lipinski definition) is 9. The van der Waals surface area contributed by atoms with Crippen LogP contribution in [0.4, 0.5) is 5.69 Å². The van der Waals surface area contributed by atoms with Crippen LogP contribution in [-0.2, 0) is 14.4 Å². The SMILES string of the molecule is O=C1NC2(SC(=NN=Cc3ccccc3O)N(c3ccccc3O)C2=O)/C(=C(\O)c2ccc(Br)cc2)C1=O. The first-order chi connectivity index (χ1) is 18.2. The highest BCUT2D eigenvalue weighted by Crippen LogP contribution is 2.49. The van der Waals surface area contributed by atoms with E-state index in [1.807, 2.05) is 0 Å². The number of ketones is 1. The number of aliphatic hydroxyl groups excluding tert-OH is 1. The van der Waals surface area contributed by atoms with Crippen molar-refractivity contribution in [3.8, 4) is 11.5 Å². The number of aromatic hydroxyl groups is 2. The van der Waals surface area contributed by atoms with Crippen LogP contribution in [-0.4, -0.2) is 49.2 Å². The second-order valence-corrected chi connectivity index (χ2v) is 10.2. The zero-order valence-electron chi connectivity index (χ0n) is 19.2. The molecular weight excluding hydrogens is 576 g/mol. The molecule has 0 bridgehead atoms. The van der Waals surface area contributed by atoms with Crippen LogP contribution in [0.25, 0.3) is 5.76 Å². The maximum absolute atomic E-state index is 14.0. The lowest BCUT2D eigenvalue weighted by Crippen LogP contribution is -2.48. The molecule has 190 valence electrons. The van der Waals surface area contributed by atoms with Gasteiger partial charge < -0.3 is 20.6 Å². The van der Waals surface area contributed by atoms with Gasteiger partial charge in [0.25, 0.3) is 17.6 Å². The van der Waals surface area contributed by atoms with E-state index in [2.05, 4.69) is 31.4 Å². The van der Waals surface area contributed by atoms with Gasteiger partial charge >= 0.3 is 0 Å². The maximum atomic E-state index is 14.0. The minimum Gasteiger partial charge on any atom is -0.507 e. The Morgan fingerprint density at radius 3 is 2.29 bits per heavy atom. The summed E-state index contributed by atoms with van der Waals surface area (Å²) in [5.41, 5.74) is 0.121. The number of aliphatic hydroxyl groups is 1. The summed E-state index contributed by atoms with van der Waals surface area (Å²) in [5, 5.41) is 42.0. The van der Waals surface area contributed by atoms with Crippen molar-refractivity contribution in [2.24, 2.45) is 10.2 Å². The molecule has 0 aromatic heterocycles. The number of amidine groups is 1. The summed E-state index contributed by atoms with van der Waals surface area (Å²) < 4.78 is 0.717. The summed E-state index contributed by atoms with van der Waals surface area (Å²) in [6.07, 6.45) is 1.26. The average molecular weight is 593 g/mol. The smallest absolute Gasteiger partial charge is 0.294 e. The topological polar surface area (TPSA) is 152 Å².